The van der Waals surface area contributed by atoms with E-state index in [0.29, 0.717) is 6.42 Å². The molecule has 0 radical (unpaired) electrons. The van der Waals surface area contributed by atoms with Crippen LogP contribution in [0.2, 0.25) is 0 Å². The van der Waals surface area contributed by atoms with Gasteiger partial charge in [-0.1, -0.05) is 38.3 Å². The molecular weight excluding hydrogens is 442 g/mol. The number of allylic oxidation sites excluding steroid dienone is 1. The van der Waals surface area contributed by atoms with Crippen molar-refractivity contribution in [2.24, 2.45) is 0 Å². The van der Waals surface area contributed by atoms with E-state index >= 15 is 0 Å². The SMILES string of the molecule is CCCCCCC1=C(I)C(F)(F)C(c2ccc(C(F)(F)F)cc2)O1. The van der Waals surface area contributed by atoms with Gasteiger partial charge in [-0.2, -0.15) is 22.0 Å². The first kappa shape index (κ1) is 19.5. The van der Waals surface area contributed by atoms with Crippen molar-refractivity contribution < 1.29 is 26.7 Å². The van der Waals surface area contributed by atoms with Gasteiger partial charge in [0.1, 0.15) is 9.34 Å². The van der Waals surface area contributed by atoms with Crippen molar-refractivity contribution in [2.75, 3.05) is 0 Å². The van der Waals surface area contributed by atoms with Gasteiger partial charge in [-0.15, -0.1) is 0 Å². The molecule has 1 heterocycles. The van der Waals surface area contributed by atoms with Crippen LogP contribution in [-0.4, -0.2) is 5.92 Å². The van der Waals surface area contributed by atoms with E-state index in [-0.39, 0.29) is 14.9 Å². The maximum absolute atomic E-state index is 14.4. The van der Waals surface area contributed by atoms with E-state index < -0.39 is 23.8 Å². The van der Waals surface area contributed by atoms with Crippen molar-refractivity contribution in [3.63, 3.8) is 0 Å². The Bertz CT molecular complexity index is 592. The minimum atomic E-state index is -4.49. The molecule has 24 heavy (non-hydrogen) atoms. The summed E-state index contributed by atoms with van der Waals surface area (Å²) in [7, 11) is 0. The summed E-state index contributed by atoms with van der Waals surface area (Å²) < 4.78 is 71.9. The molecule has 7 heteroatoms. The van der Waals surface area contributed by atoms with Crippen LogP contribution in [0.15, 0.2) is 33.6 Å². The lowest BCUT2D eigenvalue weighted by Crippen LogP contribution is -2.23. The third kappa shape index (κ3) is 4.21. The zero-order valence-electron chi connectivity index (χ0n) is 13.1. The second kappa shape index (κ2) is 7.58. The van der Waals surface area contributed by atoms with Crippen LogP contribution in [0.1, 0.15) is 56.3 Å². The third-order valence-corrected chi connectivity index (χ3v) is 5.25. The third-order valence-electron chi connectivity index (χ3n) is 3.93. The number of unbranched alkanes of at least 4 members (excludes halogenated alkanes) is 3. The average Bonchev–Trinajstić information content (AvgIpc) is 2.74. The van der Waals surface area contributed by atoms with Crippen LogP contribution >= 0.6 is 22.6 Å². The van der Waals surface area contributed by atoms with Crippen LogP contribution in [0.25, 0.3) is 0 Å². The fourth-order valence-electron chi connectivity index (χ4n) is 2.57. The standard InChI is InChI=1S/C17H18F5IO/c1-2-3-4-5-6-13-14(23)16(18,19)15(24-13)11-7-9-12(10-8-11)17(20,21)22/h7-10,15H,2-6H2,1H3. The maximum Gasteiger partial charge on any atom is 0.416 e. The van der Waals surface area contributed by atoms with Crippen LogP contribution in [0.3, 0.4) is 0 Å². The molecule has 0 fully saturated rings. The number of hydrogen-bond acceptors (Lipinski definition) is 1. The van der Waals surface area contributed by atoms with Crippen LogP contribution in [0, 0.1) is 0 Å². The number of alkyl halides is 5. The number of rotatable bonds is 6. The summed E-state index contributed by atoms with van der Waals surface area (Å²) in [4.78, 5) is 0. The summed E-state index contributed by atoms with van der Waals surface area (Å²) in [6, 6.07) is 3.73. The van der Waals surface area contributed by atoms with E-state index in [1.807, 2.05) is 0 Å². The van der Waals surface area contributed by atoms with Gasteiger partial charge in [-0.3, -0.25) is 0 Å². The van der Waals surface area contributed by atoms with Crippen molar-refractivity contribution in [1.82, 2.24) is 0 Å². The van der Waals surface area contributed by atoms with E-state index in [0.717, 1.165) is 49.9 Å². The number of benzene rings is 1. The Labute approximate surface area is 151 Å². The van der Waals surface area contributed by atoms with E-state index in [2.05, 4.69) is 6.92 Å². The van der Waals surface area contributed by atoms with Gasteiger partial charge in [-0.25, -0.2) is 0 Å². The summed E-state index contributed by atoms with van der Waals surface area (Å²) in [5, 5.41) is 0. The molecule has 1 aliphatic heterocycles. The predicted molar refractivity (Wildman–Crippen MR) is 90.0 cm³/mol. The van der Waals surface area contributed by atoms with Crippen LogP contribution in [0.4, 0.5) is 22.0 Å². The Kier molecular flexibility index (Phi) is 6.14. The highest BCUT2D eigenvalue weighted by atomic mass is 127. The summed E-state index contributed by atoms with van der Waals surface area (Å²) in [6.45, 7) is 2.06. The summed E-state index contributed by atoms with van der Waals surface area (Å²) in [6.07, 6.45) is -1.87. The normalized spacial score (nSPS) is 20.4. The first-order chi connectivity index (χ1) is 11.2. The highest BCUT2D eigenvalue weighted by Crippen LogP contribution is 2.52. The molecule has 134 valence electrons. The first-order valence-corrected chi connectivity index (χ1v) is 8.86. The molecule has 0 N–H and O–H groups in total. The zero-order chi connectivity index (χ0) is 18.0. The summed E-state index contributed by atoms with van der Waals surface area (Å²) in [5.74, 6) is -2.97. The van der Waals surface area contributed by atoms with Crippen molar-refractivity contribution in [3.05, 3.63) is 44.7 Å². The maximum atomic E-state index is 14.4. The highest BCUT2D eigenvalue weighted by molar-refractivity contribution is 14.1. The number of hydrogen-bond donors (Lipinski definition) is 0. The Hall–Kier alpha value is -0.860. The van der Waals surface area contributed by atoms with E-state index in [4.69, 9.17) is 4.74 Å². The molecule has 0 aromatic heterocycles. The Balaban J connectivity index is 2.12. The molecule has 1 nitrogen and oxygen atoms in total. The molecule has 0 saturated heterocycles. The monoisotopic (exact) mass is 460 g/mol. The van der Waals surface area contributed by atoms with Crippen LogP contribution in [0.5, 0.6) is 0 Å². The molecule has 1 atom stereocenters. The number of halogens is 6. The van der Waals surface area contributed by atoms with E-state index in [1.54, 1.807) is 22.6 Å². The lowest BCUT2D eigenvalue weighted by atomic mass is 10.0. The van der Waals surface area contributed by atoms with Crippen molar-refractivity contribution in [2.45, 2.75) is 57.2 Å². The largest absolute Gasteiger partial charge is 0.482 e. The van der Waals surface area contributed by atoms with Crippen molar-refractivity contribution in [3.8, 4) is 0 Å². The molecule has 0 spiro atoms. The minimum Gasteiger partial charge on any atom is -0.482 e. The molecule has 1 aromatic rings. The first-order valence-electron chi connectivity index (χ1n) is 7.78. The molecular formula is C17H18F5IO. The molecule has 1 aliphatic rings. The molecule has 0 amide bonds. The van der Waals surface area contributed by atoms with Gasteiger partial charge in [0, 0.05) is 6.42 Å². The van der Waals surface area contributed by atoms with Gasteiger partial charge in [0.2, 0.25) is 0 Å². The second-order valence-electron chi connectivity index (χ2n) is 5.79. The Morgan fingerprint density at radius 1 is 1.08 bits per heavy atom. The minimum absolute atomic E-state index is 0.0470. The quantitative estimate of drug-likeness (QED) is 0.252. The highest BCUT2D eigenvalue weighted by Gasteiger charge is 2.52. The lowest BCUT2D eigenvalue weighted by Gasteiger charge is -2.20. The molecule has 2 rings (SSSR count). The second-order valence-corrected chi connectivity index (χ2v) is 6.87. The fourth-order valence-corrected chi connectivity index (χ4v) is 3.25. The van der Waals surface area contributed by atoms with Crippen LogP contribution < -0.4 is 0 Å². The molecule has 0 aliphatic carbocycles. The van der Waals surface area contributed by atoms with Gasteiger partial charge >= 0.3 is 12.1 Å². The topological polar surface area (TPSA) is 9.23 Å². The van der Waals surface area contributed by atoms with E-state index in [9.17, 15) is 22.0 Å². The van der Waals surface area contributed by atoms with Gasteiger partial charge in [0.25, 0.3) is 0 Å². The van der Waals surface area contributed by atoms with Gasteiger partial charge in [-0.05, 0) is 46.7 Å². The molecule has 0 bridgehead atoms. The Morgan fingerprint density at radius 2 is 1.71 bits per heavy atom. The van der Waals surface area contributed by atoms with Crippen molar-refractivity contribution >= 4 is 22.6 Å². The molecule has 1 aromatic carbocycles. The van der Waals surface area contributed by atoms with Crippen LogP contribution in [-0.2, 0) is 10.9 Å². The van der Waals surface area contributed by atoms with Gasteiger partial charge < -0.3 is 4.74 Å². The average molecular weight is 460 g/mol. The predicted octanol–water partition coefficient (Wildman–Crippen LogP) is 7.03. The summed E-state index contributed by atoms with van der Waals surface area (Å²) >= 11 is 1.58. The molecule has 1 unspecified atom stereocenters. The zero-order valence-corrected chi connectivity index (χ0v) is 15.3. The fraction of sp³-hybridized carbons (Fsp3) is 0.529. The Morgan fingerprint density at radius 3 is 2.25 bits per heavy atom. The molecule has 0 saturated carbocycles. The summed E-state index contributed by atoms with van der Waals surface area (Å²) in [5.41, 5.74) is -0.819. The lowest BCUT2D eigenvalue weighted by molar-refractivity contribution is -0.137. The number of ether oxygens (including phenoxy) is 1. The smallest absolute Gasteiger partial charge is 0.416 e. The van der Waals surface area contributed by atoms with Gasteiger partial charge in [0.05, 0.1) is 5.56 Å². The van der Waals surface area contributed by atoms with Crippen molar-refractivity contribution in [1.29, 1.82) is 0 Å². The van der Waals surface area contributed by atoms with E-state index in [1.165, 1.54) is 0 Å². The van der Waals surface area contributed by atoms with Gasteiger partial charge in [0.15, 0.2) is 6.10 Å².